The Morgan fingerprint density at radius 2 is 1.76 bits per heavy atom. The lowest BCUT2D eigenvalue weighted by molar-refractivity contribution is -0.149. The van der Waals surface area contributed by atoms with Gasteiger partial charge in [-0.05, 0) is 44.8 Å². The minimum absolute atomic E-state index is 0.182. The zero-order valence-corrected chi connectivity index (χ0v) is 14.1. The van der Waals surface area contributed by atoms with E-state index < -0.39 is 11.4 Å². The van der Waals surface area contributed by atoms with Crippen LogP contribution >= 0.6 is 11.8 Å². The highest BCUT2D eigenvalue weighted by Crippen LogP contribution is 2.27. The lowest BCUT2D eigenvalue weighted by Gasteiger charge is -2.30. The first-order chi connectivity index (χ1) is 9.97. The Balaban J connectivity index is 2.39. The van der Waals surface area contributed by atoms with Crippen molar-refractivity contribution in [1.29, 1.82) is 0 Å². The minimum Gasteiger partial charge on any atom is -0.481 e. The third-order valence-corrected chi connectivity index (χ3v) is 5.88. The van der Waals surface area contributed by atoms with Gasteiger partial charge in [0.1, 0.15) is 0 Å². The molecule has 2 amide bonds. The highest BCUT2D eigenvalue weighted by molar-refractivity contribution is 7.99. The molecule has 1 rings (SSSR count). The van der Waals surface area contributed by atoms with Gasteiger partial charge in [-0.15, -0.1) is 0 Å². The molecule has 0 heterocycles. The fourth-order valence-corrected chi connectivity index (χ4v) is 3.55. The molecule has 1 aliphatic rings. The first kappa shape index (κ1) is 18.1. The lowest BCUT2D eigenvalue weighted by atomic mass is 9.82. The summed E-state index contributed by atoms with van der Waals surface area (Å²) in [6, 6.07) is -0.0222. The first-order valence-corrected chi connectivity index (χ1v) is 9.06. The molecule has 0 bridgehead atoms. The molecule has 0 radical (unpaired) electrons. The SMILES string of the molecule is CCC(CC)(CNC(=O)NC1CCC(SC)CC1)C(=O)O. The fourth-order valence-electron chi connectivity index (χ4n) is 2.81. The maximum absolute atomic E-state index is 11.9. The van der Waals surface area contributed by atoms with Crippen molar-refractivity contribution in [1.82, 2.24) is 10.6 Å². The van der Waals surface area contributed by atoms with Crippen molar-refractivity contribution >= 4 is 23.8 Å². The highest BCUT2D eigenvalue weighted by Gasteiger charge is 2.35. The molecular weight excluding hydrogens is 288 g/mol. The Morgan fingerprint density at radius 1 is 1.19 bits per heavy atom. The van der Waals surface area contributed by atoms with Crippen LogP contribution in [0.3, 0.4) is 0 Å². The molecule has 5 nitrogen and oxygen atoms in total. The van der Waals surface area contributed by atoms with Crippen molar-refractivity contribution in [3.05, 3.63) is 0 Å². The molecule has 0 aromatic rings. The van der Waals surface area contributed by atoms with Crippen molar-refractivity contribution < 1.29 is 14.7 Å². The number of carboxylic acids is 1. The number of hydrogen-bond acceptors (Lipinski definition) is 3. The van der Waals surface area contributed by atoms with E-state index in [2.05, 4.69) is 16.9 Å². The van der Waals surface area contributed by atoms with Gasteiger partial charge in [0.15, 0.2) is 0 Å². The molecule has 1 aliphatic carbocycles. The molecule has 0 aliphatic heterocycles. The van der Waals surface area contributed by atoms with Crippen LogP contribution in [-0.4, -0.2) is 41.2 Å². The van der Waals surface area contributed by atoms with Gasteiger partial charge >= 0.3 is 12.0 Å². The van der Waals surface area contributed by atoms with Crippen LogP contribution in [-0.2, 0) is 4.79 Å². The van der Waals surface area contributed by atoms with Gasteiger partial charge in [-0.3, -0.25) is 4.79 Å². The second kappa shape index (κ2) is 8.51. The lowest BCUT2D eigenvalue weighted by Crippen LogP contribution is -2.49. The Morgan fingerprint density at radius 3 is 2.19 bits per heavy atom. The number of rotatable bonds is 7. The molecule has 0 unspecified atom stereocenters. The Bertz CT molecular complexity index is 351. The van der Waals surface area contributed by atoms with Crippen LogP contribution in [0.5, 0.6) is 0 Å². The van der Waals surface area contributed by atoms with E-state index in [9.17, 15) is 14.7 Å². The van der Waals surface area contributed by atoms with Crippen LogP contribution in [0.2, 0.25) is 0 Å². The van der Waals surface area contributed by atoms with Crippen molar-refractivity contribution in [2.24, 2.45) is 5.41 Å². The van der Waals surface area contributed by atoms with Crippen LogP contribution in [0.25, 0.3) is 0 Å². The average molecular weight is 316 g/mol. The summed E-state index contributed by atoms with van der Waals surface area (Å²) in [6.45, 7) is 3.88. The van der Waals surface area contributed by atoms with Gasteiger partial charge in [0.05, 0.1) is 5.41 Å². The van der Waals surface area contributed by atoms with Gasteiger partial charge < -0.3 is 15.7 Å². The Labute approximate surface area is 131 Å². The van der Waals surface area contributed by atoms with E-state index in [4.69, 9.17) is 0 Å². The number of hydrogen-bond donors (Lipinski definition) is 3. The van der Waals surface area contributed by atoms with Crippen LogP contribution in [0.1, 0.15) is 52.4 Å². The number of amides is 2. The summed E-state index contributed by atoms with van der Waals surface area (Å²) in [5, 5.41) is 15.8. The van der Waals surface area contributed by atoms with Gasteiger partial charge in [0.2, 0.25) is 0 Å². The summed E-state index contributed by atoms with van der Waals surface area (Å²) in [4.78, 5) is 23.3. The van der Waals surface area contributed by atoms with E-state index in [0.29, 0.717) is 18.1 Å². The van der Waals surface area contributed by atoms with E-state index in [-0.39, 0.29) is 18.6 Å². The average Bonchev–Trinajstić information content (AvgIpc) is 2.49. The third kappa shape index (κ3) is 5.09. The van der Waals surface area contributed by atoms with Crippen LogP contribution < -0.4 is 10.6 Å². The minimum atomic E-state index is -0.853. The van der Waals surface area contributed by atoms with Gasteiger partial charge in [0, 0.05) is 17.8 Å². The maximum Gasteiger partial charge on any atom is 0.315 e. The number of thioether (sulfide) groups is 1. The van der Waals surface area contributed by atoms with Crippen molar-refractivity contribution in [2.75, 3.05) is 12.8 Å². The van der Waals surface area contributed by atoms with E-state index in [0.717, 1.165) is 25.7 Å². The zero-order valence-electron chi connectivity index (χ0n) is 13.3. The highest BCUT2D eigenvalue weighted by atomic mass is 32.2. The van der Waals surface area contributed by atoms with Crippen LogP contribution in [0.15, 0.2) is 0 Å². The molecule has 0 spiro atoms. The standard InChI is InChI=1S/C15H28N2O3S/c1-4-15(5-2,13(18)19)10-16-14(20)17-11-6-8-12(21-3)9-7-11/h11-12H,4-10H2,1-3H3,(H,18,19)(H2,16,17,20). The quantitative estimate of drug-likeness (QED) is 0.675. The second-order valence-electron chi connectivity index (χ2n) is 5.83. The molecule has 21 heavy (non-hydrogen) atoms. The largest absolute Gasteiger partial charge is 0.481 e. The molecule has 0 aromatic heterocycles. The summed E-state index contributed by atoms with van der Waals surface area (Å²) < 4.78 is 0. The van der Waals surface area contributed by atoms with E-state index in [1.165, 1.54) is 0 Å². The van der Waals surface area contributed by atoms with Crippen molar-refractivity contribution in [2.45, 2.75) is 63.7 Å². The van der Waals surface area contributed by atoms with Gasteiger partial charge in [-0.2, -0.15) is 11.8 Å². The molecular formula is C15H28N2O3S. The molecule has 0 aromatic carbocycles. The molecule has 1 saturated carbocycles. The second-order valence-corrected chi connectivity index (χ2v) is 6.97. The molecule has 0 atom stereocenters. The number of carbonyl (C=O) groups is 2. The van der Waals surface area contributed by atoms with Crippen molar-refractivity contribution in [3.8, 4) is 0 Å². The zero-order chi connectivity index (χ0) is 15.9. The fraction of sp³-hybridized carbons (Fsp3) is 0.867. The van der Waals surface area contributed by atoms with E-state index >= 15 is 0 Å². The monoisotopic (exact) mass is 316 g/mol. The molecule has 0 saturated heterocycles. The van der Waals surface area contributed by atoms with Crippen LogP contribution in [0, 0.1) is 5.41 Å². The molecule has 122 valence electrons. The smallest absolute Gasteiger partial charge is 0.315 e. The molecule has 1 fully saturated rings. The van der Waals surface area contributed by atoms with E-state index in [1.807, 2.05) is 25.6 Å². The third-order valence-electron chi connectivity index (χ3n) is 4.74. The summed E-state index contributed by atoms with van der Waals surface area (Å²) in [7, 11) is 0. The van der Waals surface area contributed by atoms with Gasteiger partial charge in [-0.25, -0.2) is 4.79 Å². The Hall–Kier alpha value is -0.910. The first-order valence-electron chi connectivity index (χ1n) is 7.78. The molecule has 6 heteroatoms. The topological polar surface area (TPSA) is 78.4 Å². The normalized spacial score (nSPS) is 22.6. The summed E-state index contributed by atoms with van der Waals surface area (Å²) in [5.41, 5.74) is -0.853. The number of nitrogens with one attached hydrogen (secondary N) is 2. The number of aliphatic carboxylic acids is 1. The number of carbonyl (C=O) groups excluding carboxylic acids is 1. The Kier molecular flexibility index (Phi) is 7.35. The van der Waals surface area contributed by atoms with Crippen molar-refractivity contribution in [3.63, 3.8) is 0 Å². The summed E-state index contributed by atoms with van der Waals surface area (Å²) >= 11 is 1.90. The molecule has 3 N–H and O–H groups in total. The summed E-state index contributed by atoms with van der Waals surface area (Å²) in [5.74, 6) is -0.840. The predicted octanol–water partition coefficient (Wildman–Crippen LogP) is 2.85. The van der Waals surface area contributed by atoms with E-state index in [1.54, 1.807) is 0 Å². The van der Waals surface area contributed by atoms with Gasteiger partial charge in [0.25, 0.3) is 0 Å². The predicted molar refractivity (Wildman–Crippen MR) is 86.7 cm³/mol. The summed E-state index contributed by atoms with van der Waals surface area (Å²) in [6.07, 6.45) is 7.43. The number of carboxylic acid groups (broad SMARTS) is 1. The maximum atomic E-state index is 11.9. The number of urea groups is 1. The van der Waals surface area contributed by atoms with Crippen LogP contribution in [0.4, 0.5) is 4.79 Å². The van der Waals surface area contributed by atoms with Gasteiger partial charge in [-0.1, -0.05) is 13.8 Å².